The van der Waals surface area contributed by atoms with Gasteiger partial charge in [-0.05, 0) is 37.6 Å². The first-order valence-corrected chi connectivity index (χ1v) is 10.8. The van der Waals surface area contributed by atoms with E-state index in [1.807, 2.05) is 50.2 Å². The summed E-state index contributed by atoms with van der Waals surface area (Å²) < 4.78 is 10.9. The van der Waals surface area contributed by atoms with Crippen LogP contribution in [0.3, 0.4) is 0 Å². The van der Waals surface area contributed by atoms with Crippen LogP contribution in [0.1, 0.15) is 55.4 Å². The second-order valence-electron chi connectivity index (χ2n) is 8.06. The number of hydrogen-bond acceptors (Lipinski definition) is 5. The van der Waals surface area contributed by atoms with Gasteiger partial charge in [0.2, 0.25) is 0 Å². The van der Waals surface area contributed by atoms with Crippen molar-refractivity contribution in [2.75, 3.05) is 13.2 Å². The minimum atomic E-state index is -0.716. The van der Waals surface area contributed by atoms with E-state index in [1.165, 1.54) is 6.07 Å². The maximum atomic E-state index is 13.2. The number of carbonyl (C=O) groups excluding carboxylic acids is 3. The highest BCUT2D eigenvalue weighted by Crippen LogP contribution is 2.31. The number of ketones is 1. The number of esters is 1. The number of rotatable bonds is 6. The highest BCUT2D eigenvalue weighted by molar-refractivity contribution is 6.15. The van der Waals surface area contributed by atoms with Gasteiger partial charge < -0.3 is 14.8 Å². The first-order valence-electron chi connectivity index (χ1n) is 10.8. The van der Waals surface area contributed by atoms with Gasteiger partial charge in [0.15, 0.2) is 12.4 Å². The average Bonchev–Trinajstić information content (AvgIpc) is 2.84. The van der Waals surface area contributed by atoms with E-state index in [2.05, 4.69) is 5.32 Å². The monoisotopic (exact) mass is 443 g/mol. The first-order chi connectivity index (χ1) is 15.9. The van der Waals surface area contributed by atoms with Crippen molar-refractivity contribution in [3.63, 3.8) is 0 Å². The van der Waals surface area contributed by atoms with Crippen LogP contribution in [0.15, 0.2) is 66.7 Å². The quantitative estimate of drug-likeness (QED) is 0.453. The number of ether oxygens (including phenoxy) is 2. The van der Waals surface area contributed by atoms with Crippen LogP contribution in [0.5, 0.6) is 5.75 Å². The van der Waals surface area contributed by atoms with Gasteiger partial charge in [-0.3, -0.25) is 9.59 Å². The average molecular weight is 443 g/mol. The van der Waals surface area contributed by atoms with Crippen LogP contribution >= 0.6 is 0 Å². The Hall–Kier alpha value is -3.93. The lowest BCUT2D eigenvalue weighted by Crippen LogP contribution is -2.35. The number of benzene rings is 3. The van der Waals surface area contributed by atoms with Crippen molar-refractivity contribution < 1.29 is 23.9 Å². The van der Waals surface area contributed by atoms with Crippen molar-refractivity contribution in [3.8, 4) is 5.75 Å². The number of amides is 1. The molecule has 0 fully saturated rings. The molecule has 1 heterocycles. The van der Waals surface area contributed by atoms with E-state index in [1.54, 1.807) is 24.3 Å². The molecule has 1 aliphatic heterocycles. The Kier molecular flexibility index (Phi) is 6.54. The maximum absolute atomic E-state index is 13.2. The molecule has 1 amide bonds. The zero-order chi connectivity index (χ0) is 23.4. The molecule has 1 aliphatic rings. The van der Waals surface area contributed by atoms with Crippen LogP contribution in [0, 0.1) is 13.8 Å². The molecule has 6 heteroatoms. The van der Waals surface area contributed by atoms with E-state index in [0.29, 0.717) is 18.6 Å². The molecule has 0 aromatic heterocycles. The Morgan fingerprint density at radius 2 is 1.67 bits per heavy atom. The molecule has 0 radical (unpaired) electrons. The highest BCUT2D eigenvalue weighted by Gasteiger charge is 2.24. The number of para-hydroxylation sites is 1. The van der Waals surface area contributed by atoms with Gasteiger partial charge in [-0.15, -0.1) is 0 Å². The molecule has 1 unspecified atom stereocenters. The molecule has 6 nitrogen and oxygen atoms in total. The van der Waals surface area contributed by atoms with E-state index in [-0.39, 0.29) is 23.0 Å². The molecule has 0 saturated carbocycles. The van der Waals surface area contributed by atoms with Gasteiger partial charge in [0.25, 0.3) is 5.91 Å². The lowest BCUT2D eigenvalue weighted by atomic mass is 9.94. The maximum Gasteiger partial charge on any atom is 0.339 e. The van der Waals surface area contributed by atoms with E-state index in [4.69, 9.17) is 9.47 Å². The van der Waals surface area contributed by atoms with Crippen LogP contribution in [0.4, 0.5) is 0 Å². The Bertz CT molecular complexity index is 1220. The van der Waals surface area contributed by atoms with E-state index in [9.17, 15) is 14.4 Å². The molecule has 33 heavy (non-hydrogen) atoms. The van der Waals surface area contributed by atoms with Crippen LogP contribution in [-0.2, 0) is 9.53 Å². The topological polar surface area (TPSA) is 81.7 Å². The SMILES string of the molecule is Cc1ccc(C)c(C(=O)c2ccccc2C(=O)OCC(=O)NC2CCOc3ccccc32)c1. The van der Waals surface area contributed by atoms with Crippen LogP contribution in [0.25, 0.3) is 0 Å². The molecule has 0 spiro atoms. The number of fused-ring (bicyclic) bond motifs is 1. The van der Waals surface area contributed by atoms with Crippen molar-refractivity contribution in [2.45, 2.75) is 26.3 Å². The van der Waals surface area contributed by atoms with Crippen molar-refractivity contribution in [3.05, 3.63) is 100 Å². The summed E-state index contributed by atoms with van der Waals surface area (Å²) in [6, 6.07) is 19.4. The highest BCUT2D eigenvalue weighted by atomic mass is 16.5. The van der Waals surface area contributed by atoms with Gasteiger partial charge in [-0.25, -0.2) is 4.79 Å². The van der Waals surface area contributed by atoms with Gasteiger partial charge in [0, 0.05) is 23.1 Å². The summed E-state index contributed by atoms with van der Waals surface area (Å²) in [7, 11) is 0. The third-order valence-corrected chi connectivity index (χ3v) is 5.66. The van der Waals surface area contributed by atoms with Gasteiger partial charge in [0.1, 0.15) is 5.75 Å². The van der Waals surface area contributed by atoms with Crippen LogP contribution in [0.2, 0.25) is 0 Å². The smallest absolute Gasteiger partial charge is 0.339 e. The fraction of sp³-hybridized carbons (Fsp3) is 0.222. The predicted octanol–water partition coefficient (Wildman–Crippen LogP) is 4.33. The van der Waals surface area contributed by atoms with Crippen molar-refractivity contribution in [1.82, 2.24) is 5.32 Å². The van der Waals surface area contributed by atoms with Gasteiger partial charge >= 0.3 is 5.97 Å². The lowest BCUT2D eigenvalue weighted by Gasteiger charge is -2.26. The van der Waals surface area contributed by atoms with Crippen LogP contribution in [-0.4, -0.2) is 30.9 Å². The summed E-state index contributed by atoms with van der Waals surface area (Å²) in [5.74, 6) is -0.646. The minimum absolute atomic E-state index is 0.132. The summed E-state index contributed by atoms with van der Waals surface area (Å²) in [5.41, 5.74) is 3.59. The number of carbonyl (C=O) groups is 3. The molecule has 0 bridgehead atoms. The molecule has 3 aromatic carbocycles. The Balaban J connectivity index is 1.44. The summed E-state index contributed by atoms with van der Waals surface area (Å²) >= 11 is 0. The van der Waals surface area contributed by atoms with Gasteiger partial charge in [0.05, 0.1) is 18.2 Å². The summed E-state index contributed by atoms with van der Waals surface area (Å²) in [6.45, 7) is 3.82. The fourth-order valence-corrected chi connectivity index (χ4v) is 3.92. The largest absolute Gasteiger partial charge is 0.493 e. The standard InChI is InChI=1S/C27H25NO5/c1-17-11-12-18(2)22(15-17)26(30)19-7-3-4-8-20(19)27(31)33-16-25(29)28-23-13-14-32-24-10-6-5-9-21(23)24/h3-12,15,23H,13-14,16H2,1-2H3,(H,28,29). The minimum Gasteiger partial charge on any atom is -0.493 e. The molecule has 4 rings (SSSR count). The number of aryl methyl sites for hydroxylation is 2. The Morgan fingerprint density at radius 1 is 0.939 bits per heavy atom. The zero-order valence-corrected chi connectivity index (χ0v) is 18.6. The van der Waals surface area contributed by atoms with Gasteiger partial charge in [-0.1, -0.05) is 54.1 Å². The Labute approximate surface area is 192 Å². The number of nitrogens with one attached hydrogen (secondary N) is 1. The second kappa shape index (κ2) is 9.69. The third-order valence-electron chi connectivity index (χ3n) is 5.66. The first kappa shape index (κ1) is 22.3. The molecule has 1 N–H and O–H groups in total. The summed E-state index contributed by atoms with van der Waals surface area (Å²) in [4.78, 5) is 38.4. The molecule has 3 aromatic rings. The van der Waals surface area contributed by atoms with Crippen molar-refractivity contribution >= 4 is 17.7 Å². The second-order valence-corrected chi connectivity index (χ2v) is 8.06. The van der Waals surface area contributed by atoms with Gasteiger partial charge in [-0.2, -0.15) is 0 Å². The van der Waals surface area contributed by atoms with E-state index in [0.717, 1.165) is 22.4 Å². The van der Waals surface area contributed by atoms with Crippen LogP contribution < -0.4 is 10.1 Å². The Morgan fingerprint density at radius 3 is 2.48 bits per heavy atom. The van der Waals surface area contributed by atoms with E-state index >= 15 is 0 Å². The molecule has 0 aliphatic carbocycles. The normalized spacial score (nSPS) is 14.5. The number of hydrogen-bond donors (Lipinski definition) is 1. The van der Waals surface area contributed by atoms with E-state index < -0.39 is 18.5 Å². The summed E-state index contributed by atoms with van der Waals surface area (Å²) in [6.07, 6.45) is 0.629. The molecule has 168 valence electrons. The van der Waals surface area contributed by atoms with Crippen molar-refractivity contribution in [2.24, 2.45) is 0 Å². The molecule has 0 saturated heterocycles. The fourth-order valence-electron chi connectivity index (χ4n) is 3.92. The summed E-state index contributed by atoms with van der Waals surface area (Å²) in [5, 5.41) is 2.90. The molecule has 1 atom stereocenters. The van der Waals surface area contributed by atoms with Crippen molar-refractivity contribution in [1.29, 1.82) is 0 Å². The predicted molar refractivity (Wildman–Crippen MR) is 124 cm³/mol. The molecular formula is C27H25NO5. The lowest BCUT2D eigenvalue weighted by molar-refractivity contribution is -0.125. The molecular weight excluding hydrogens is 418 g/mol. The third kappa shape index (κ3) is 4.95. The zero-order valence-electron chi connectivity index (χ0n) is 18.6.